The molecule has 0 heterocycles. The number of aryl methyl sites for hydroxylation is 3. The molecule has 0 spiro atoms. The minimum atomic E-state index is -3.86. The van der Waals surface area contributed by atoms with Crippen LogP contribution >= 0.6 is 0 Å². The van der Waals surface area contributed by atoms with E-state index in [9.17, 15) is 13.2 Å². The SMILES string of the molecule is Cc1cc(C)cc(NS(=O)(=O)c2cc(C(=O)N[C@@H](C)c3ccc(C(C)(C)C)cc3)ccc2C)c1. The number of hydrogen-bond acceptors (Lipinski definition) is 3. The van der Waals surface area contributed by atoms with Crippen LogP contribution in [0.3, 0.4) is 0 Å². The van der Waals surface area contributed by atoms with E-state index in [1.165, 1.54) is 11.6 Å². The van der Waals surface area contributed by atoms with Gasteiger partial charge >= 0.3 is 0 Å². The molecule has 1 atom stereocenters. The highest BCUT2D eigenvalue weighted by Crippen LogP contribution is 2.25. The fourth-order valence-corrected chi connectivity index (χ4v) is 5.22. The largest absolute Gasteiger partial charge is 0.346 e. The summed E-state index contributed by atoms with van der Waals surface area (Å²) in [5, 5.41) is 2.98. The van der Waals surface area contributed by atoms with Gasteiger partial charge in [0.1, 0.15) is 0 Å². The first-order valence-corrected chi connectivity index (χ1v) is 12.9. The molecule has 0 fully saturated rings. The van der Waals surface area contributed by atoms with Gasteiger partial charge in [-0.25, -0.2) is 8.42 Å². The van der Waals surface area contributed by atoms with Gasteiger partial charge in [0, 0.05) is 11.3 Å². The summed E-state index contributed by atoms with van der Waals surface area (Å²) in [5.41, 5.74) is 5.55. The Morgan fingerprint density at radius 3 is 2.00 bits per heavy atom. The zero-order valence-electron chi connectivity index (χ0n) is 21.0. The first-order chi connectivity index (χ1) is 15.8. The Morgan fingerprint density at radius 1 is 0.853 bits per heavy atom. The molecular weight excluding hydrogens is 444 g/mol. The normalized spacial score (nSPS) is 12.8. The molecule has 34 heavy (non-hydrogen) atoms. The highest BCUT2D eigenvalue weighted by Gasteiger charge is 2.21. The summed E-state index contributed by atoms with van der Waals surface area (Å²) in [6, 6.07) is 18.2. The van der Waals surface area contributed by atoms with Crippen molar-refractivity contribution in [2.45, 2.75) is 64.8 Å². The topological polar surface area (TPSA) is 75.3 Å². The Kier molecular flexibility index (Phi) is 7.22. The molecular formula is C28H34N2O3S. The number of rotatable bonds is 6. The first kappa shape index (κ1) is 25.5. The lowest BCUT2D eigenvalue weighted by Crippen LogP contribution is -2.27. The lowest BCUT2D eigenvalue weighted by Gasteiger charge is -2.21. The van der Waals surface area contributed by atoms with Gasteiger partial charge in [-0.1, -0.05) is 57.2 Å². The maximum atomic E-state index is 13.1. The molecule has 3 aromatic rings. The van der Waals surface area contributed by atoms with E-state index in [1.54, 1.807) is 31.2 Å². The molecule has 0 aliphatic heterocycles. The summed E-state index contributed by atoms with van der Waals surface area (Å²) in [6.07, 6.45) is 0. The number of hydrogen-bond donors (Lipinski definition) is 2. The van der Waals surface area contributed by atoms with Crippen molar-refractivity contribution in [1.82, 2.24) is 5.32 Å². The Bertz CT molecular complexity index is 1280. The van der Waals surface area contributed by atoms with Crippen LogP contribution in [-0.4, -0.2) is 14.3 Å². The minimum absolute atomic E-state index is 0.0555. The summed E-state index contributed by atoms with van der Waals surface area (Å²) >= 11 is 0. The molecule has 180 valence electrons. The zero-order valence-corrected chi connectivity index (χ0v) is 21.8. The van der Waals surface area contributed by atoms with Crippen molar-refractivity contribution in [1.29, 1.82) is 0 Å². The standard InChI is InChI=1S/C28H34N2O3S/c1-18-14-19(2)16-25(15-18)30-34(32,33)26-17-23(9-8-20(26)3)27(31)29-21(4)22-10-12-24(13-11-22)28(5,6)7/h8-17,21,30H,1-7H3,(H,29,31)/t21-/m0/s1. The van der Waals surface area contributed by atoms with Gasteiger partial charge in [0.25, 0.3) is 15.9 Å². The van der Waals surface area contributed by atoms with Gasteiger partial charge in [-0.05, 0) is 85.2 Å². The third-order valence-corrected chi connectivity index (χ3v) is 7.36. The fraction of sp³-hybridized carbons (Fsp3) is 0.321. The summed E-state index contributed by atoms with van der Waals surface area (Å²) in [5.74, 6) is -0.324. The average molecular weight is 479 g/mol. The Labute approximate surface area is 203 Å². The molecule has 3 rings (SSSR count). The van der Waals surface area contributed by atoms with E-state index in [0.717, 1.165) is 16.7 Å². The number of sulfonamides is 1. The van der Waals surface area contributed by atoms with Crippen molar-refractivity contribution in [3.8, 4) is 0 Å². The van der Waals surface area contributed by atoms with Crippen molar-refractivity contribution in [3.05, 3.63) is 94.0 Å². The third-order valence-electron chi connectivity index (χ3n) is 5.84. The summed E-state index contributed by atoms with van der Waals surface area (Å²) in [6.45, 7) is 13.9. The molecule has 0 aromatic heterocycles. The van der Waals surface area contributed by atoms with Crippen molar-refractivity contribution in [2.75, 3.05) is 4.72 Å². The van der Waals surface area contributed by atoms with E-state index in [0.29, 0.717) is 16.8 Å². The number of amides is 1. The zero-order chi connectivity index (χ0) is 25.3. The van der Waals surface area contributed by atoms with Crippen LogP contribution in [0.2, 0.25) is 0 Å². The van der Waals surface area contributed by atoms with Crippen LogP contribution in [0.1, 0.15) is 71.9 Å². The van der Waals surface area contributed by atoms with Gasteiger partial charge < -0.3 is 5.32 Å². The Hall–Kier alpha value is -3.12. The van der Waals surface area contributed by atoms with Gasteiger partial charge in [-0.3, -0.25) is 9.52 Å². The van der Waals surface area contributed by atoms with Crippen LogP contribution in [0.15, 0.2) is 65.6 Å². The summed E-state index contributed by atoms with van der Waals surface area (Å²) in [7, 11) is -3.86. The van der Waals surface area contributed by atoms with E-state index in [2.05, 4.69) is 42.9 Å². The smallest absolute Gasteiger partial charge is 0.262 e. The van der Waals surface area contributed by atoms with Crippen LogP contribution in [0, 0.1) is 20.8 Å². The Balaban J connectivity index is 1.81. The van der Waals surface area contributed by atoms with E-state index in [1.807, 2.05) is 39.0 Å². The average Bonchev–Trinajstić information content (AvgIpc) is 2.72. The van der Waals surface area contributed by atoms with Crippen molar-refractivity contribution in [3.63, 3.8) is 0 Å². The van der Waals surface area contributed by atoms with Crippen LogP contribution in [0.4, 0.5) is 5.69 Å². The lowest BCUT2D eigenvalue weighted by atomic mass is 9.86. The molecule has 3 aromatic carbocycles. The molecule has 5 nitrogen and oxygen atoms in total. The number of carbonyl (C=O) groups excluding carboxylic acids is 1. The van der Waals surface area contributed by atoms with Gasteiger partial charge in [-0.15, -0.1) is 0 Å². The highest BCUT2D eigenvalue weighted by molar-refractivity contribution is 7.92. The van der Waals surface area contributed by atoms with Gasteiger partial charge in [0.05, 0.1) is 10.9 Å². The molecule has 0 aliphatic rings. The predicted octanol–water partition coefficient (Wildman–Crippen LogP) is 6.20. The number of benzene rings is 3. The third kappa shape index (κ3) is 6.06. The molecule has 0 radical (unpaired) electrons. The van der Waals surface area contributed by atoms with Crippen molar-refractivity contribution in [2.24, 2.45) is 0 Å². The van der Waals surface area contributed by atoms with Gasteiger partial charge in [0.15, 0.2) is 0 Å². The number of anilines is 1. The van der Waals surface area contributed by atoms with Crippen LogP contribution in [0.25, 0.3) is 0 Å². The van der Waals surface area contributed by atoms with E-state index in [-0.39, 0.29) is 22.3 Å². The van der Waals surface area contributed by atoms with E-state index in [4.69, 9.17) is 0 Å². The molecule has 0 bridgehead atoms. The lowest BCUT2D eigenvalue weighted by molar-refractivity contribution is 0.0939. The molecule has 0 saturated carbocycles. The second kappa shape index (κ2) is 9.63. The molecule has 2 N–H and O–H groups in total. The summed E-state index contributed by atoms with van der Waals surface area (Å²) < 4.78 is 28.9. The molecule has 0 unspecified atom stereocenters. The molecule has 0 aliphatic carbocycles. The van der Waals surface area contributed by atoms with Gasteiger partial charge in [0.2, 0.25) is 0 Å². The molecule has 1 amide bonds. The van der Waals surface area contributed by atoms with Crippen LogP contribution < -0.4 is 10.0 Å². The monoisotopic (exact) mass is 478 g/mol. The summed E-state index contributed by atoms with van der Waals surface area (Å²) in [4.78, 5) is 13.1. The van der Waals surface area contributed by atoms with E-state index >= 15 is 0 Å². The maximum absolute atomic E-state index is 13.1. The fourth-order valence-electron chi connectivity index (χ4n) is 3.91. The second-order valence-corrected chi connectivity index (χ2v) is 11.7. The molecule has 0 saturated heterocycles. The van der Waals surface area contributed by atoms with Crippen molar-refractivity contribution < 1.29 is 13.2 Å². The maximum Gasteiger partial charge on any atom is 0.262 e. The first-order valence-electron chi connectivity index (χ1n) is 11.4. The minimum Gasteiger partial charge on any atom is -0.346 e. The quantitative estimate of drug-likeness (QED) is 0.443. The van der Waals surface area contributed by atoms with Crippen molar-refractivity contribution >= 4 is 21.6 Å². The van der Waals surface area contributed by atoms with Crippen LogP contribution in [0.5, 0.6) is 0 Å². The number of carbonyl (C=O) groups is 1. The predicted molar refractivity (Wildman–Crippen MR) is 139 cm³/mol. The van der Waals surface area contributed by atoms with Crippen LogP contribution in [-0.2, 0) is 15.4 Å². The Morgan fingerprint density at radius 2 is 1.44 bits per heavy atom. The molecule has 6 heteroatoms. The van der Waals surface area contributed by atoms with E-state index < -0.39 is 10.0 Å². The van der Waals surface area contributed by atoms with Gasteiger partial charge in [-0.2, -0.15) is 0 Å². The second-order valence-electron chi connectivity index (χ2n) is 10.0. The highest BCUT2D eigenvalue weighted by atomic mass is 32.2. The number of nitrogens with one attached hydrogen (secondary N) is 2.